The van der Waals surface area contributed by atoms with Crippen LogP contribution in [0.15, 0.2) is 157 Å². The maximum Gasteiger partial charge on any atom is 0.573 e. The number of ether oxygens (including phenoxy) is 9. The lowest BCUT2D eigenvalue weighted by atomic mass is 10.1. The van der Waals surface area contributed by atoms with Crippen LogP contribution in [-0.4, -0.2) is 207 Å². The van der Waals surface area contributed by atoms with E-state index in [1.54, 1.807) is 71.3 Å². The third-order valence-corrected chi connectivity index (χ3v) is 13.0. The summed E-state index contributed by atoms with van der Waals surface area (Å²) in [5.74, 6) is -2.52. The lowest BCUT2D eigenvalue weighted by molar-refractivity contribution is -0.275. The molecular formula is C72H82Cl3F15N15O14P. The SMILES string of the molecule is CCOC(=O)CC(=O)OCC.CN(C)/C=C(\C#N)c1cccc(OC(F)(F)F)c1.CN(C)CCN(C)C.COC(OC)N(C)C.N#CCc1cccc(OC(F)(F)F)c1.Nc1[nH]ncc1-c1cccc(OC(F)(F)F)c1.Nc1[nH]ncc1-c1cccc(OC(F)(F)F)c1.O=P(Cl)(Cl)Cl.O=c1cc(O)n2ncc(-c3cccc(OC(F)(F)F)c3)c2[nH]1. The number of nitrogens with two attached hydrogens (primary N) is 2. The molecule has 0 saturated heterocycles. The molecule has 0 amide bonds. The molecule has 0 unspecified atom stereocenters. The van der Waals surface area contributed by atoms with Gasteiger partial charge in [-0.15, -0.1) is 65.9 Å². The highest BCUT2D eigenvalue weighted by Gasteiger charge is 2.35. The second-order valence-corrected chi connectivity index (χ2v) is 30.3. The molecule has 8 N–H and O–H groups in total. The van der Waals surface area contributed by atoms with Gasteiger partial charge in [-0.1, -0.05) is 60.7 Å². The van der Waals surface area contributed by atoms with E-state index in [4.69, 9.17) is 31.5 Å². The fraction of sp³-hybridized carbons (Fsp3) is 0.333. The molecule has 0 aliphatic carbocycles. The van der Waals surface area contributed by atoms with Gasteiger partial charge in [0.05, 0.1) is 55.9 Å². The van der Waals surface area contributed by atoms with Crippen LogP contribution in [0.25, 0.3) is 44.6 Å². The van der Waals surface area contributed by atoms with Crippen LogP contribution in [0, 0.1) is 22.7 Å². The van der Waals surface area contributed by atoms with E-state index in [1.165, 1.54) is 110 Å². The fourth-order valence-electron chi connectivity index (χ4n) is 8.51. The summed E-state index contributed by atoms with van der Waals surface area (Å²) in [4.78, 5) is 42.9. The number of esters is 2. The van der Waals surface area contributed by atoms with Gasteiger partial charge in [-0.2, -0.15) is 30.3 Å². The Labute approximate surface area is 690 Å². The molecule has 0 aliphatic rings. The van der Waals surface area contributed by atoms with Crippen molar-refractivity contribution in [1.29, 1.82) is 10.5 Å². The van der Waals surface area contributed by atoms with E-state index in [1.807, 2.05) is 31.1 Å². The Hall–Kier alpha value is -11.4. The van der Waals surface area contributed by atoms with Gasteiger partial charge in [-0.05, 0) is 178 Å². The number of anilines is 2. The van der Waals surface area contributed by atoms with Crippen molar-refractivity contribution in [3.63, 3.8) is 0 Å². The van der Waals surface area contributed by atoms with Crippen molar-refractivity contribution in [2.45, 2.75) is 64.9 Å². The molecule has 5 aromatic carbocycles. The summed E-state index contributed by atoms with van der Waals surface area (Å²) in [6.45, 7) is 6.24. The highest BCUT2D eigenvalue weighted by atomic mass is 36.0. The van der Waals surface area contributed by atoms with Crippen LogP contribution in [0.1, 0.15) is 31.4 Å². The number of methoxy groups -OCH3 is 2. The largest absolute Gasteiger partial charge is 0.573 e. The number of aromatic hydroxyl groups is 1. The van der Waals surface area contributed by atoms with Crippen LogP contribution in [0.5, 0.6) is 34.6 Å². The number of nitrogens with zero attached hydrogens (tertiary/aromatic N) is 10. The molecule has 0 saturated carbocycles. The molecule has 0 bridgehead atoms. The predicted octanol–water partition coefficient (Wildman–Crippen LogP) is 16.6. The van der Waals surface area contributed by atoms with Gasteiger partial charge in [0.25, 0.3) is 5.56 Å². The van der Waals surface area contributed by atoms with Crippen LogP contribution in [0.3, 0.4) is 0 Å². The molecule has 9 aromatic rings. The molecule has 0 aliphatic heterocycles. The number of carbonyl (C=O) groups is 2. The lowest BCUT2D eigenvalue weighted by Gasteiger charge is -2.19. The van der Waals surface area contributed by atoms with Crippen molar-refractivity contribution in [2.75, 3.05) is 108 Å². The standard InChI is InChI=1S/C13H8F3N3O3.C12H11F3N2O.2C10H8F3N3O.C9H6F3NO.C7H12O4.C6H16N2.C5H13NO2.Cl3OP/c14-13(15,16)22-8-3-1-2-7(4-8)9-6-17-19-11(21)5-10(20)18-12(9)19;1-17(2)8-10(7-16)9-4-3-5-11(6-9)18-12(13,14)15;2*11-10(12,13)17-7-3-1-2-6(4-7)8-5-15-16-9(8)14;10-9(11,12)14-8-3-1-2-7(6-8)4-5-13;1-3-10-6(8)5-7(9)11-4-2;1-7(2)5-6-8(3)4;1-6(2)5(7-3)8-4;1-5(2,3)4/h1-6,21H,(H,18,20);3-6,8H,1-2H3;2*1-5H,(H3,14,15,16);1-3,6H,4H2;3-5H2,1-2H3;5-6H2,1-4H3;5H,1-4H3;/b;10-8+;;;;;;;. The third-order valence-electron chi connectivity index (χ3n) is 13.0. The zero-order chi connectivity index (χ0) is 91.5. The number of benzene rings is 5. The quantitative estimate of drug-likeness (QED) is 0.00971. The Morgan fingerprint density at radius 1 is 0.567 bits per heavy atom. The minimum Gasteiger partial charge on any atom is -0.493 e. The summed E-state index contributed by atoms with van der Waals surface area (Å²) in [5.41, 5.74) is 14.6. The first-order chi connectivity index (χ1) is 55.6. The molecule has 0 atom stereocenters. The van der Waals surface area contributed by atoms with E-state index in [0.29, 0.717) is 44.5 Å². The van der Waals surface area contributed by atoms with Crippen molar-refractivity contribution in [3.8, 4) is 80.1 Å². The summed E-state index contributed by atoms with van der Waals surface area (Å²) < 4.78 is 229. The molecule has 9 rings (SSSR count). The van der Waals surface area contributed by atoms with Crippen molar-refractivity contribution in [2.24, 2.45) is 0 Å². The first-order valence-electron chi connectivity index (χ1n) is 33.5. The number of aromatic amines is 3. The maximum atomic E-state index is 12.3. The van der Waals surface area contributed by atoms with Crippen LogP contribution >= 0.6 is 38.9 Å². The molecule has 4 heterocycles. The average molecular weight is 1800 g/mol. The first kappa shape index (κ1) is 107. The monoisotopic (exact) mass is 1800 g/mol. The highest BCUT2D eigenvalue weighted by molar-refractivity contribution is 8.24. The van der Waals surface area contributed by atoms with Crippen LogP contribution in [-0.2, 0) is 39.5 Å². The number of fused-ring (bicyclic) bond motifs is 1. The van der Waals surface area contributed by atoms with Crippen LogP contribution < -0.4 is 40.7 Å². The number of nitriles is 2. The molecular weight excluding hydrogens is 1720 g/mol. The van der Waals surface area contributed by atoms with Crippen molar-refractivity contribution in [3.05, 3.63) is 174 Å². The minimum absolute atomic E-state index is 0.0645. The van der Waals surface area contributed by atoms with Gasteiger partial charge in [-0.3, -0.25) is 34.0 Å². The number of hydrogen-bond acceptors (Lipinski definition) is 25. The second-order valence-electron chi connectivity index (χ2n) is 23.7. The number of nitrogens with one attached hydrogen (secondary N) is 3. The molecule has 0 spiro atoms. The van der Waals surface area contributed by atoms with Crippen LogP contribution in [0.2, 0.25) is 0 Å². The van der Waals surface area contributed by atoms with Gasteiger partial charge in [0.1, 0.15) is 58.5 Å². The Morgan fingerprint density at radius 2 is 0.925 bits per heavy atom. The Morgan fingerprint density at radius 3 is 1.23 bits per heavy atom. The normalized spacial score (nSPS) is 11.2. The Bertz CT molecular complexity index is 4670. The number of aromatic nitrogens is 7. The number of halogens is 18. The van der Waals surface area contributed by atoms with Gasteiger partial charge in [0.15, 0.2) is 0 Å². The zero-order valence-electron chi connectivity index (χ0n) is 65.4. The van der Waals surface area contributed by atoms with E-state index in [0.717, 1.165) is 35.8 Å². The number of likely N-dealkylation sites (N-methyl/N-ethyl adjacent to an activating group) is 2. The molecule has 0 fully saturated rings. The first-order valence-corrected chi connectivity index (χ1v) is 37.9. The molecule has 4 aromatic heterocycles. The summed E-state index contributed by atoms with van der Waals surface area (Å²) in [7, 11) is 18.8. The number of carbonyl (C=O) groups excluding carboxylic acids is 2. The number of alkyl halides is 15. The Kier molecular flexibility index (Phi) is 46.1. The van der Waals surface area contributed by atoms with Gasteiger partial charge in [0, 0.05) is 64.3 Å². The van der Waals surface area contributed by atoms with Crippen LogP contribution in [0.4, 0.5) is 77.5 Å². The van der Waals surface area contributed by atoms with Crippen molar-refractivity contribution >= 4 is 73.7 Å². The summed E-state index contributed by atoms with van der Waals surface area (Å²) in [6.07, 6.45) is -18.4. The molecule has 48 heteroatoms. The fourth-order valence-corrected chi connectivity index (χ4v) is 8.51. The van der Waals surface area contributed by atoms with Gasteiger partial charge in [0.2, 0.25) is 12.3 Å². The van der Waals surface area contributed by atoms with Gasteiger partial charge >= 0.3 is 49.0 Å². The van der Waals surface area contributed by atoms with E-state index < -0.39 is 60.3 Å². The zero-order valence-corrected chi connectivity index (χ0v) is 68.5. The topological polar surface area (TPSA) is 375 Å². The maximum absolute atomic E-state index is 12.3. The smallest absolute Gasteiger partial charge is 0.493 e. The molecule has 660 valence electrons. The summed E-state index contributed by atoms with van der Waals surface area (Å²) >= 11 is 13.8. The molecule has 0 radical (unpaired) electrons. The van der Waals surface area contributed by atoms with E-state index in [-0.39, 0.29) is 84.2 Å². The number of nitrogen functional groups attached to an aromatic ring is 2. The molecule has 29 nitrogen and oxygen atoms in total. The summed E-state index contributed by atoms with van der Waals surface area (Å²) in [6, 6.07) is 31.6. The van der Waals surface area contributed by atoms with E-state index >= 15 is 0 Å². The van der Waals surface area contributed by atoms with E-state index in [9.17, 15) is 89.9 Å². The molecule has 120 heavy (non-hydrogen) atoms. The average Bonchev–Trinajstić information content (AvgIpc) is 1.66. The second kappa shape index (κ2) is 51.9. The van der Waals surface area contributed by atoms with E-state index in [2.05, 4.69) is 135 Å². The lowest BCUT2D eigenvalue weighted by Crippen LogP contribution is -2.30. The minimum atomic E-state index is -4.80. The van der Waals surface area contributed by atoms with Crippen molar-refractivity contribution < 1.29 is 128 Å². The van der Waals surface area contributed by atoms with Gasteiger partial charge < -0.3 is 78.9 Å². The third kappa shape index (κ3) is 48.5. The predicted molar refractivity (Wildman–Crippen MR) is 414 cm³/mol. The van der Waals surface area contributed by atoms with Gasteiger partial charge in [-0.25, -0.2) is 0 Å². The number of allylic oxidation sites excluding steroid dienone is 1. The van der Waals surface area contributed by atoms with Crippen molar-refractivity contribution in [1.82, 2.24) is 54.6 Å². The number of hydrogen-bond donors (Lipinski definition) is 6. The summed E-state index contributed by atoms with van der Waals surface area (Å²) in [5, 5.41) is 39.9. The number of rotatable bonds is 21. The Balaban J connectivity index is 0.000000693. The number of H-pyrrole nitrogens is 3. The highest BCUT2D eigenvalue weighted by Crippen LogP contribution is 2.61.